The predicted octanol–water partition coefficient (Wildman–Crippen LogP) is 7.52. The fourth-order valence-electron chi connectivity index (χ4n) is 3.56. The lowest BCUT2D eigenvalue weighted by Gasteiger charge is -2.11. The molecule has 0 saturated carbocycles. The largest absolute Gasteiger partial charge is 0.248 e. The Morgan fingerprint density at radius 2 is 0.931 bits per heavy atom. The molecule has 0 fully saturated rings. The molecule has 0 aliphatic rings. The van der Waals surface area contributed by atoms with Crippen molar-refractivity contribution in [2.75, 3.05) is 0 Å². The van der Waals surface area contributed by atoms with E-state index in [0.29, 0.717) is 0 Å². The average Bonchev–Trinajstić information content (AvgIpc) is 2.79. The average molecular weight is 378 g/mol. The zero-order chi connectivity index (χ0) is 20.2. The van der Waals surface area contributed by atoms with E-state index in [1.54, 1.807) is 0 Å². The second-order valence-corrected chi connectivity index (χ2v) is 7.59. The van der Waals surface area contributed by atoms with E-state index in [1.165, 1.54) is 27.8 Å². The highest BCUT2D eigenvalue weighted by molar-refractivity contribution is 5.76. The van der Waals surface area contributed by atoms with Gasteiger partial charge in [0.1, 0.15) is 0 Å². The molecular weight excluding hydrogens is 350 g/mol. The van der Waals surface area contributed by atoms with Gasteiger partial charge in [-0.1, -0.05) is 92.2 Å². The summed E-state index contributed by atoms with van der Waals surface area (Å²) >= 11 is 0. The van der Waals surface area contributed by atoms with Crippen LogP contribution in [0, 0.1) is 6.92 Å². The third-order valence-corrected chi connectivity index (χ3v) is 5.53. The van der Waals surface area contributed by atoms with Crippen LogP contribution in [-0.4, -0.2) is 4.98 Å². The van der Waals surface area contributed by atoms with E-state index in [9.17, 15) is 0 Å². The molecule has 144 valence electrons. The number of aromatic nitrogens is 1. The molecule has 1 heteroatoms. The standard InChI is InChI=1S/C28H27N/c1-4-21-8-14-24(15-9-21)27-18-26(23-12-6-20(3)7-13-23)19-28(29-27)25-16-10-22(5-2)11-17-25/h6-19H,4-5H2,1-3H3. The highest BCUT2D eigenvalue weighted by atomic mass is 14.7. The maximum atomic E-state index is 5.03. The van der Waals surface area contributed by atoms with Crippen LogP contribution in [0.1, 0.15) is 30.5 Å². The van der Waals surface area contributed by atoms with Crippen molar-refractivity contribution in [3.63, 3.8) is 0 Å². The SMILES string of the molecule is CCc1ccc(-c2cc(-c3ccc(C)cc3)cc(-c3ccc(CC)cc3)n2)cc1. The van der Waals surface area contributed by atoms with Crippen LogP contribution in [0.5, 0.6) is 0 Å². The van der Waals surface area contributed by atoms with Crippen molar-refractivity contribution in [1.82, 2.24) is 4.98 Å². The first-order chi connectivity index (χ1) is 14.2. The summed E-state index contributed by atoms with van der Waals surface area (Å²) in [6.45, 7) is 6.49. The zero-order valence-electron chi connectivity index (χ0n) is 17.4. The van der Waals surface area contributed by atoms with Gasteiger partial charge in [0.25, 0.3) is 0 Å². The van der Waals surface area contributed by atoms with Crippen LogP contribution in [-0.2, 0) is 12.8 Å². The molecule has 0 aliphatic heterocycles. The number of benzene rings is 3. The highest BCUT2D eigenvalue weighted by Crippen LogP contribution is 2.30. The van der Waals surface area contributed by atoms with Gasteiger partial charge < -0.3 is 0 Å². The highest BCUT2D eigenvalue weighted by Gasteiger charge is 2.09. The summed E-state index contributed by atoms with van der Waals surface area (Å²) in [5, 5.41) is 0. The van der Waals surface area contributed by atoms with E-state index < -0.39 is 0 Å². The number of pyridine rings is 1. The summed E-state index contributed by atoms with van der Waals surface area (Å²) in [6, 6.07) is 30.7. The Balaban J connectivity index is 1.84. The molecule has 0 N–H and O–H groups in total. The van der Waals surface area contributed by atoms with Gasteiger partial charge >= 0.3 is 0 Å². The molecule has 0 atom stereocenters. The minimum atomic E-state index is 1.01. The number of aryl methyl sites for hydroxylation is 3. The maximum absolute atomic E-state index is 5.03. The van der Waals surface area contributed by atoms with Crippen molar-refractivity contribution < 1.29 is 0 Å². The van der Waals surface area contributed by atoms with Crippen LogP contribution < -0.4 is 0 Å². The Bertz CT molecular complexity index is 1020. The molecule has 4 rings (SSSR count). The van der Waals surface area contributed by atoms with Crippen molar-refractivity contribution in [2.24, 2.45) is 0 Å². The summed E-state index contributed by atoms with van der Waals surface area (Å²) < 4.78 is 0. The van der Waals surface area contributed by atoms with E-state index in [-0.39, 0.29) is 0 Å². The number of rotatable bonds is 5. The lowest BCUT2D eigenvalue weighted by molar-refractivity contribution is 1.14. The van der Waals surface area contributed by atoms with E-state index in [4.69, 9.17) is 4.98 Å². The van der Waals surface area contributed by atoms with Gasteiger partial charge in [-0.05, 0) is 54.2 Å². The zero-order valence-corrected chi connectivity index (χ0v) is 17.4. The van der Waals surface area contributed by atoms with E-state index in [2.05, 4.69) is 106 Å². The summed E-state index contributed by atoms with van der Waals surface area (Å²) in [6.07, 6.45) is 2.10. The quantitative estimate of drug-likeness (QED) is 0.350. The van der Waals surface area contributed by atoms with Crippen LogP contribution >= 0.6 is 0 Å². The van der Waals surface area contributed by atoms with Crippen LogP contribution in [0.3, 0.4) is 0 Å². The molecule has 0 amide bonds. The van der Waals surface area contributed by atoms with Crippen LogP contribution in [0.15, 0.2) is 84.9 Å². The topological polar surface area (TPSA) is 12.9 Å². The lowest BCUT2D eigenvalue weighted by Crippen LogP contribution is -1.92. The van der Waals surface area contributed by atoms with E-state index in [1.807, 2.05) is 0 Å². The van der Waals surface area contributed by atoms with Gasteiger partial charge in [-0.25, -0.2) is 4.98 Å². The van der Waals surface area contributed by atoms with Crippen LogP contribution in [0.25, 0.3) is 33.6 Å². The summed E-state index contributed by atoms with van der Waals surface area (Å²) in [5.41, 5.74) is 10.7. The van der Waals surface area contributed by atoms with Crippen LogP contribution in [0.2, 0.25) is 0 Å². The molecule has 0 radical (unpaired) electrons. The lowest BCUT2D eigenvalue weighted by atomic mass is 9.98. The maximum Gasteiger partial charge on any atom is 0.0715 e. The van der Waals surface area contributed by atoms with Gasteiger partial charge in [-0.3, -0.25) is 0 Å². The Labute approximate surface area is 174 Å². The minimum absolute atomic E-state index is 1.01. The number of hydrogen-bond acceptors (Lipinski definition) is 1. The number of hydrogen-bond donors (Lipinski definition) is 0. The minimum Gasteiger partial charge on any atom is -0.248 e. The molecule has 3 aromatic carbocycles. The molecule has 1 heterocycles. The van der Waals surface area contributed by atoms with Crippen molar-refractivity contribution >= 4 is 0 Å². The van der Waals surface area contributed by atoms with E-state index >= 15 is 0 Å². The monoisotopic (exact) mass is 377 g/mol. The van der Waals surface area contributed by atoms with Crippen molar-refractivity contribution in [2.45, 2.75) is 33.6 Å². The van der Waals surface area contributed by atoms with Gasteiger partial charge in [0, 0.05) is 11.1 Å². The molecular formula is C28H27N. The first kappa shape index (κ1) is 19.1. The molecule has 1 nitrogen and oxygen atoms in total. The number of nitrogens with zero attached hydrogens (tertiary/aromatic N) is 1. The Morgan fingerprint density at radius 3 is 1.34 bits per heavy atom. The normalized spacial score (nSPS) is 10.9. The van der Waals surface area contributed by atoms with Gasteiger partial charge in [0.15, 0.2) is 0 Å². The fraction of sp³-hybridized carbons (Fsp3) is 0.179. The summed E-state index contributed by atoms with van der Waals surface area (Å²) in [5.74, 6) is 0. The molecule has 0 spiro atoms. The third-order valence-electron chi connectivity index (χ3n) is 5.53. The Hall–Kier alpha value is -3.19. The Kier molecular flexibility index (Phi) is 5.57. The first-order valence-corrected chi connectivity index (χ1v) is 10.4. The van der Waals surface area contributed by atoms with Crippen molar-refractivity contribution in [3.05, 3.63) is 102 Å². The predicted molar refractivity (Wildman–Crippen MR) is 124 cm³/mol. The van der Waals surface area contributed by atoms with Gasteiger partial charge in [-0.15, -0.1) is 0 Å². The van der Waals surface area contributed by atoms with Gasteiger partial charge in [0.05, 0.1) is 11.4 Å². The molecule has 1 aromatic heterocycles. The van der Waals surface area contributed by atoms with Crippen LogP contribution in [0.4, 0.5) is 0 Å². The second kappa shape index (κ2) is 8.45. The second-order valence-electron chi connectivity index (χ2n) is 7.59. The molecule has 0 saturated heterocycles. The Morgan fingerprint density at radius 1 is 0.517 bits per heavy atom. The fourth-order valence-corrected chi connectivity index (χ4v) is 3.56. The molecule has 0 bridgehead atoms. The smallest absolute Gasteiger partial charge is 0.0715 e. The molecule has 4 aromatic rings. The summed E-state index contributed by atoms with van der Waals surface area (Å²) in [4.78, 5) is 5.03. The first-order valence-electron chi connectivity index (χ1n) is 10.4. The summed E-state index contributed by atoms with van der Waals surface area (Å²) in [7, 11) is 0. The third kappa shape index (κ3) is 4.30. The van der Waals surface area contributed by atoms with Gasteiger partial charge in [-0.2, -0.15) is 0 Å². The van der Waals surface area contributed by atoms with E-state index in [0.717, 1.165) is 35.4 Å². The molecule has 29 heavy (non-hydrogen) atoms. The molecule has 0 aliphatic carbocycles. The van der Waals surface area contributed by atoms with Gasteiger partial charge in [0.2, 0.25) is 0 Å². The molecule has 0 unspecified atom stereocenters. The van der Waals surface area contributed by atoms with Crippen molar-refractivity contribution in [3.8, 4) is 33.6 Å². The van der Waals surface area contributed by atoms with Crippen molar-refractivity contribution in [1.29, 1.82) is 0 Å².